The fourth-order valence-electron chi connectivity index (χ4n) is 3.01. The molecule has 0 aliphatic heterocycles. The normalized spacial score (nSPS) is 14.7. The molecule has 25 heavy (non-hydrogen) atoms. The molecule has 3 rings (SSSR count). The lowest BCUT2D eigenvalue weighted by Gasteiger charge is -2.23. The summed E-state index contributed by atoms with van der Waals surface area (Å²) < 4.78 is 20.4. The van der Waals surface area contributed by atoms with Gasteiger partial charge in [0.15, 0.2) is 0 Å². The monoisotopic (exact) mass is 349 g/mol. The zero-order chi connectivity index (χ0) is 18.0. The SMILES string of the molecule is CN(C(=O)OCc1c(-c2cnc(O)c(F)n2)cnn1C)C1CCCC1. The van der Waals surface area contributed by atoms with Crippen molar-refractivity contribution >= 4 is 6.09 Å². The lowest BCUT2D eigenvalue weighted by atomic mass is 10.2. The molecule has 0 aromatic carbocycles. The van der Waals surface area contributed by atoms with Crippen molar-refractivity contribution in [1.82, 2.24) is 24.6 Å². The van der Waals surface area contributed by atoms with Crippen LogP contribution in [-0.2, 0) is 18.4 Å². The van der Waals surface area contributed by atoms with Crippen LogP contribution in [0.1, 0.15) is 31.4 Å². The number of amides is 1. The van der Waals surface area contributed by atoms with E-state index < -0.39 is 17.9 Å². The third kappa shape index (κ3) is 3.54. The van der Waals surface area contributed by atoms with Gasteiger partial charge in [0, 0.05) is 25.7 Å². The summed E-state index contributed by atoms with van der Waals surface area (Å²) in [6, 6.07) is 0.218. The van der Waals surface area contributed by atoms with E-state index in [1.54, 1.807) is 19.0 Å². The molecule has 1 amide bonds. The van der Waals surface area contributed by atoms with Gasteiger partial charge in [0.2, 0.25) is 0 Å². The number of carbonyl (C=O) groups excluding carboxylic acids is 1. The summed E-state index contributed by atoms with van der Waals surface area (Å²) in [6.07, 6.45) is 6.56. The van der Waals surface area contributed by atoms with Crippen LogP contribution in [0, 0.1) is 5.95 Å². The molecular weight excluding hydrogens is 329 g/mol. The van der Waals surface area contributed by atoms with Crippen LogP contribution >= 0.6 is 0 Å². The standard InChI is InChI=1S/C16H20FN5O3/c1-21(10-5-3-4-6-10)16(24)25-9-13-11(7-19-22(13)2)12-8-18-15(23)14(17)20-12/h7-8,10H,3-6,9H2,1-2H3,(H,18,23). The number of aryl methyl sites for hydroxylation is 1. The van der Waals surface area contributed by atoms with Crippen molar-refractivity contribution in [3.63, 3.8) is 0 Å². The van der Waals surface area contributed by atoms with Crippen molar-refractivity contribution in [2.75, 3.05) is 7.05 Å². The van der Waals surface area contributed by atoms with Crippen LogP contribution in [0.5, 0.6) is 5.88 Å². The first kappa shape index (κ1) is 17.1. The summed E-state index contributed by atoms with van der Waals surface area (Å²) in [5, 5.41) is 13.3. The number of hydrogen-bond donors (Lipinski definition) is 1. The Morgan fingerprint density at radius 1 is 1.44 bits per heavy atom. The molecule has 1 fully saturated rings. The Labute approximate surface area is 144 Å². The van der Waals surface area contributed by atoms with Crippen LogP contribution in [0.25, 0.3) is 11.3 Å². The third-order valence-electron chi connectivity index (χ3n) is 4.54. The highest BCUT2D eigenvalue weighted by atomic mass is 19.1. The van der Waals surface area contributed by atoms with Crippen LogP contribution in [0.15, 0.2) is 12.4 Å². The molecule has 0 saturated heterocycles. The molecule has 0 radical (unpaired) electrons. The van der Waals surface area contributed by atoms with E-state index in [9.17, 15) is 9.18 Å². The van der Waals surface area contributed by atoms with E-state index in [-0.39, 0.29) is 18.3 Å². The Kier molecular flexibility index (Phi) is 4.82. The molecule has 1 N–H and O–H groups in total. The summed E-state index contributed by atoms with van der Waals surface area (Å²) in [4.78, 5) is 21.1. The molecule has 0 bridgehead atoms. The van der Waals surface area contributed by atoms with Crippen molar-refractivity contribution in [2.45, 2.75) is 38.3 Å². The van der Waals surface area contributed by atoms with Gasteiger partial charge in [0.05, 0.1) is 23.8 Å². The first-order valence-electron chi connectivity index (χ1n) is 8.09. The largest absolute Gasteiger partial charge is 0.490 e. The summed E-state index contributed by atoms with van der Waals surface area (Å²) in [5.41, 5.74) is 1.26. The lowest BCUT2D eigenvalue weighted by molar-refractivity contribution is 0.0899. The molecule has 2 heterocycles. The summed E-state index contributed by atoms with van der Waals surface area (Å²) >= 11 is 0. The van der Waals surface area contributed by atoms with Gasteiger partial charge in [-0.2, -0.15) is 9.49 Å². The number of halogens is 1. The Hall–Kier alpha value is -2.71. The number of carbonyl (C=O) groups is 1. The van der Waals surface area contributed by atoms with Crippen LogP contribution in [0.2, 0.25) is 0 Å². The van der Waals surface area contributed by atoms with Gasteiger partial charge in [-0.1, -0.05) is 12.8 Å². The second-order valence-corrected chi connectivity index (χ2v) is 6.10. The number of hydrogen-bond acceptors (Lipinski definition) is 6. The summed E-state index contributed by atoms with van der Waals surface area (Å²) in [6.45, 7) is -0.0219. The Morgan fingerprint density at radius 3 is 2.84 bits per heavy atom. The van der Waals surface area contributed by atoms with Gasteiger partial charge >= 0.3 is 6.09 Å². The maximum Gasteiger partial charge on any atom is 0.410 e. The number of ether oxygens (including phenoxy) is 1. The van der Waals surface area contributed by atoms with E-state index in [1.807, 2.05) is 0 Å². The van der Waals surface area contributed by atoms with Crippen molar-refractivity contribution in [1.29, 1.82) is 0 Å². The van der Waals surface area contributed by atoms with Crippen LogP contribution in [0.4, 0.5) is 9.18 Å². The smallest absolute Gasteiger partial charge is 0.410 e. The second kappa shape index (κ2) is 7.04. The first-order valence-corrected chi connectivity index (χ1v) is 8.09. The predicted molar refractivity (Wildman–Crippen MR) is 86.1 cm³/mol. The number of rotatable bonds is 4. The summed E-state index contributed by atoms with van der Waals surface area (Å²) in [7, 11) is 3.43. The van der Waals surface area contributed by atoms with Gasteiger partial charge in [-0.3, -0.25) is 4.68 Å². The molecule has 1 aliphatic rings. The quantitative estimate of drug-likeness (QED) is 0.910. The maximum atomic E-state index is 13.5. The van der Waals surface area contributed by atoms with E-state index in [2.05, 4.69) is 15.1 Å². The zero-order valence-electron chi connectivity index (χ0n) is 14.1. The molecule has 2 aromatic heterocycles. The number of nitrogens with zero attached hydrogens (tertiary/aromatic N) is 5. The fraction of sp³-hybridized carbons (Fsp3) is 0.500. The van der Waals surface area contributed by atoms with Crippen molar-refractivity contribution in [3.8, 4) is 17.1 Å². The van der Waals surface area contributed by atoms with Gasteiger partial charge in [0.1, 0.15) is 6.61 Å². The maximum absolute atomic E-state index is 13.5. The fourth-order valence-corrected chi connectivity index (χ4v) is 3.01. The van der Waals surface area contributed by atoms with Gasteiger partial charge < -0.3 is 14.7 Å². The average Bonchev–Trinajstić information content (AvgIpc) is 3.24. The molecule has 0 atom stereocenters. The van der Waals surface area contributed by atoms with E-state index in [4.69, 9.17) is 9.84 Å². The summed E-state index contributed by atoms with van der Waals surface area (Å²) in [5.74, 6) is -1.83. The molecule has 9 heteroatoms. The predicted octanol–water partition coefficient (Wildman–Crippen LogP) is 2.23. The van der Waals surface area contributed by atoms with Gasteiger partial charge in [-0.25, -0.2) is 14.8 Å². The van der Waals surface area contributed by atoms with Crippen molar-refractivity contribution < 1.29 is 19.0 Å². The Morgan fingerprint density at radius 2 is 2.16 bits per heavy atom. The zero-order valence-corrected chi connectivity index (χ0v) is 14.1. The van der Waals surface area contributed by atoms with Crippen LogP contribution in [0.3, 0.4) is 0 Å². The molecule has 0 unspecified atom stereocenters. The minimum atomic E-state index is -1.06. The van der Waals surface area contributed by atoms with E-state index >= 15 is 0 Å². The Bertz CT molecular complexity index is 773. The van der Waals surface area contributed by atoms with Gasteiger partial charge in [-0.15, -0.1) is 0 Å². The highest BCUT2D eigenvalue weighted by Crippen LogP contribution is 2.25. The second-order valence-electron chi connectivity index (χ2n) is 6.10. The minimum Gasteiger partial charge on any atom is -0.490 e. The first-order chi connectivity index (χ1) is 12.0. The molecule has 2 aromatic rings. The molecular formula is C16H20FN5O3. The van der Waals surface area contributed by atoms with Crippen molar-refractivity contribution in [3.05, 3.63) is 24.0 Å². The average molecular weight is 349 g/mol. The molecule has 1 aliphatic carbocycles. The Balaban J connectivity index is 1.73. The molecule has 134 valence electrons. The number of aromatic hydroxyl groups is 1. The molecule has 8 nitrogen and oxygen atoms in total. The third-order valence-corrected chi connectivity index (χ3v) is 4.54. The minimum absolute atomic E-state index is 0.0219. The van der Waals surface area contributed by atoms with Gasteiger partial charge in [0.25, 0.3) is 11.8 Å². The number of aromatic nitrogens is 4. The highest BCUT2D eigenvalue weighted by molar-refractivity contribution is 5.68. The van der Waals surface area contributed by atoms with E-state index in [1.165, 1.54) is 17.1 Å². The topological polar surface area (TPSA) is 93.4 Å². The van der Waals surface area contributed by atoms with Crippen LogP contribution < -0.4 is 0 Å². The lowest BCUT2D eigenvalue weighted by Crippen LogP contribution is -2.35. The van der Waals surface area contributed by atoms with Crippen molar-refractivity contribution in [2.24, 2.45) is 7.05 Å². The van der Waals surface area contributed by atoms with Crippen LogP contribution in [-0.4, -0.2) is 48.9 Å². The highest BCUT2D eigenvalue weighted by Gasteiger charge is 2.25. The molecule has 0 spiro atoms. The van der Waals surface area contributed by atoms with E-state index in [0.717, 1.165) is 25.7 Å². The van der Waals surface area contributed by atoms with E-state index in [0.29, 0.717) is 11.3 Å². The van der Waals surface area contributed by atoms with Gasteiger partial charge in [-0.05, 0) is 12.8 Å². The molecule has 1 saturated carbocycles.